The van der Waals surface area contributed by atoms with Crippen molar-refractivity contribution in [2.75, 3.05) is 20.8 Å². The molecule has 0 fully saturated rings. The molecule has 0 bridgehead atoms. The van der Waals surface area contributed by atoms with Gasteiger partial charge in [0, 0.05) is 13.0 Å². The van der Waals surface area contributed by atoms with Gasteiger partial charge in [0.15, 0.2) is 11.5 Å². The highest BCUT2D eigenvalue weighted by Crippen LogP contribution is 2.27. The molecule has 0 amide bonds. The Hall–Kier alpha value is -3.55. The minimum absolute atomic E-state index is 0.128. The summed E-state index contributed by atoms with van der Waals surface area (Å²) in [6.07, 6.45) is 1.08. The van der Waals surface area contributed by atoms with E-state index in [-0.39, 0.29) is 31.1 Å². The number of esters is 1. The molecule has 0 aliphatic rings. The van der Waals surface area contributed by atoms with E-state index >= 15 is 0 Å². The van der Waals surface area contributed by atoms with Crippen molar-refractivity contribution in [2.45, 2.75) is 25.8 Å². The lowest BCUT2D eigenvalue weighted by molar-refractivity contribution is -0.143. The van der Waals surface area contributed by atoms with Crippen LogP contribution in [0.25, 0.3) is 10.9 Å². The average molecular weight is 412 g/mol. The number of ether oxygens (including phenoxy) is 3. The number of rotatable bonds is 9. The number of carbonyl (C=O) groups excluding carboxylic acids is 1. The quantitative estimate of drug-likeness (QED) is 0.428. The van der Waals surface area contributed by atoms with E-state index in [2.05, 4.69) is 4.98 Å². The van der Waals surface area contributed by atoms with E-state index in [4.69, 9.17) is 14.2 Å². The second-order valence-electron chi connectivity index (χ2n) is 6.70. The summed E-state index contributed by atoms with van der Waals surface area (Å²) in [7, 11) is 3.12. The van der Waals surface area contributed by atoms with Crippen LogP contribution in [0.5, 0.6) is 11.5 Å². The molecule has 30 heavy (non-hydrogen) atoms. The summed E-state index contributed by atoms with van der Waals surface area (Å²) in [4.78, 5) is 39.3. The largest absolute Gasteiger partial charge is 0.493 e. The zero-order chi connectivity index (χ0) is 21.5. The standard InChI is InChI=1S/C22H24N2O6/c1-28-18-10-8-15(14-19(18)29-2)9-11-20(25)30-13-5-12-24-21(26)16-6-3-4-7-17(16)23-22(24)27/h3-4,6-8,10,14H,5,9,11-13H2,1-2H3,(H,23,27). The van der Waals surface area contributed by atoms with Crippen molar-refractivity contribution < 1.29 is 19.0 Å². The molecule has 1 aromatic heterocycles. The Morgan fingerprint density at radius 2 is 1.80 bits per heavy atom. The maximum atomic E-state index is 12.5. The van der Waals surface area contributed by atoms with Gasteiger partial charge >= 0.3 is 11.7 Å². The zero-order valence-electron chi connectivity index (χ0n) is 17.0. The number of nitrogens with zero attached hydrogens (tertiary/aromatic N) is 1. The first-order valence-corrected chi connectivity index (χ1v) is 9.62. The first-order valence-electron chi connectivity index (χ1n) is 9.62. The number of aromatic nitrogens is 2. The number of carbonyl (C=O) groups is 1. The molecule has 158 valence electrons. The Bertz CT molecular complexity index is 1150. The molecular formula is C22H24N2O6. The number of fused-ring (bicyclic) bond motifs is 1. The van der Waals surface area contributed by atoms with Crippen LogP contribution < -0.4 is 20.7 Å². The molecule has 0 spiro atoms. The molecule has 0 aliphatic heterocycles. The number of hydrogen-bond donors (Lipinski definition) is 1. The molecule has 8 heteroatoms. The molecule has 0 radical (unpaired) electrons. The van der Waals surface area contributed by atoms with Crippen LogP contribution in [0.4, 0.5) is 0 Å². The minimum Gasteiger partial charge on any atom is -0.493 e. The summed E-state index contributed by atoms with van der Waals surface area (Å²) < 4.78 is 16.8. The first kappa shape index (κ1) is 21.2. The molecule has 0 saturated carbocycles. The second-order valence-corrected chi connectivity index (χ2v) is 6.70. The van der Waals surface area contributed by atoms with Gasteiger partial charge in [-0.3, -0.25) is 14.2 Å². The van der Waals surface area contributed by atoms with Crippen molar-refractivity contribution in [3.8, 4) is 11.5 Å². The molecule has 3 rings (SSSR count). The van der Waals surface area contributed by atoms with E-state index in [9.17, 15) is 14.4 Å². The fraction of sp³-hybridized carbons (Fsp3) is 0.318. The second kappa shape index (κ2) is 9.78. The number of para-hydroxylation sites is 1. The predicted molar refractivity (Wildman–Crippen MR) is 112 cm³/mol. The fourth-order valence-electron chi connectivity index (χ4n) is 3.17. The summed E-state index contributed by atoms with van der Waals surface area (Å²) >= 11 is 0. The van der Waals surface area contributed by atoms with Crippen LogP contribution in [0.15, 0.2) is 52.1 Å². The van der Waals surface area contributed by atoms with E-state index in [1.54, 1.807) is 44.6 Å². The Morgan fingerprint density at radius 3 is 2.57 bits per heavy atom. The molecule has 0 unspecified atom stereocenters. The molecule has 1 heterocycles. The number of methoxy groups -OCH3 is 2. The van der Waals surface area contributed by atoms with E-state index in [1.807, 2.05) is 12.1 Å². The molecule has 0 aliphatic carbocycles. The predicted octanol–water partition coefficient (Wildman–Crippen LogP) is 2.27. The summed E-state index contributed by atoms with van der Waals surface area (Å²) in [6, 6.07) is 12.3. The van der Waals surface area contributed by atoms with Gasteiger partial charge in [0.25, 0.3) is 5.56 Å². The van der Waals surface area contributed by atoms with Crippen LogP contribution in [-0.4, -0.2) is 36.3 Å². The molecule has 0 atom stereocenters. The number of aryl methyl sites for hydroxylation is 1. The Balaban J connectivity index is 1.49. The Morgan fingerprint density at radius 1 is 1.03 bits per heavy atom. The van der Waals surface area contributed by atoms with Crippen molar-refractivity contribution >= 4 is 16.9 Å². The van der Waals surface area contributed by atoms with E-state index in [1.165, 1.54) is 0 Å². The van der Waals surface area contributed by atoms with Crippen molar-refractivity contribution in [3.63, 3.8) is 0 Å². The summed E-state index contributed by atoms with van der Waals surface area (Å²) in [5.74, 6) is 0.890. The SMILES string of the molecule is COc1ccc(CCC(=O)OCCCn2c(=O)[nH]c3ccccc3c2=O)cc1OC. The van der Waals surface area contributed by atoms with Crippen molar-refractivity contribution in [1.29, 1.82) is 0 Å². The average Bonchev–Trinajstić information content (AvgIpc) is 2.76. The highest BCUT2D eigenvalue weighted by atomic mass is 16.5. The minimum atomic E-state index is -0.474. The molecule has 0 saturated heterocycles. The van der Waals surface area contributed by atoms with Gasteiger partial charge in [0.1, 0.15) is 0 Å². The third-order valence-electron chi connectivity index (χ3n) is 4.74. The van der Waals surface area contributed by atoms with Gasteiger partial charge in [-0.05, 0) is 42.7 Å². The molecule has 8 nitrogen and oxygen atoms in total. The fourth-order valence-corrected chi connectivity index (χ4v) is 3.17. The van der Waals surface area contributed by atoms with Gasteiger partial charge < -0.3 is 19.2 Å². The van der Waals surface area contributed by atoms with Gasteiger partial charge in [0.2, 0.25) is 0 Å². The monoisotopic (exact) mass is 412 g/mol. The van der Waals surface area contributed by atoms with Gasteiger partial charge in [-0.15, -0.1) is 0 Å². The first-order chi connectivity index (χ1) is 14.5. The van der Waals surface area contributed by atoms with Gasteiger partial charge in [0.05, 0.1) is 31.7 Å². The summed E-state index contributed by atoms with van der Waals surface area (Å²) in [6.45, 7) is 0.297. The third kappa shape index (κ3) is 4.89. The lowest BCUT2D eigenvalue weighted by atomic mass is 10.1. The Labute approximate surface area is 173 Å². The van der Waals surface area contributed by atoms with Crippen LogP contribution >= 0.6 is 0 Å². The number of aromatic amines is 1. The van der Waals surface area contributed by atoms with Crippen LogP contribution in [-0.2, 0) is 22.5 Å². The number of benzene rings is 2. The highest BCUT2D eigenvalue weighted by Gasteiger charge is 2.09. The van der Waals surface area contributed by atoms with Gasteiger partial charge in [-0.2, -0.15) is 0 Å². The number of H-pyrrole nitrogens is 1. The highest BCUT2D eigenvalue weighted by molar-refractivity contribution is 5.76. The van der Waals surface area contributed by atoms with E-state index < -0.39 is 5.69 Å². The third-order valence-corrected chi connectivity index (χ3v) is 4.74. The van der Waals surface area contributed by atoms with Crippen LogP contribution in [0.2, 0.25) is 0 Å². The van der Waals surface area contributed by atoms with Gasteiger partial charge in [-0.1, -0.05) is 18.2 Å². The van der Waals surface area contributed by atoms with E-state index in [0.29, 0.717) is 35.2 Å². The number of hydrogen-bond acceptors (Lipinski definition) is 6. The molecule has 2 aromatic carbocycles. The lowest BCUT2D eigenvalue weighted by Gasteiger charge is -2.10. The zero-order valence-corrected chi connectivity index (χ0v) is 17.0. The Kier molecular flexibility index (Phi) is 6.90. The molecular weight excluding hydrogens is 388 g/mol. The maximum Gasteiger partial charge on any atom is 0.328 e. The number of nitrogens with one attached hydrogen (secondary N) is 1. The topological polar surface area (TPSA) is 99.6 Å². The van der Waals surface area contributed by atoms with Crippen LogP contribution in [0.3, 0.4) is 0 Å². The van der Waals surface area contributed by atoms with Crippen molar-refractivity contribution in [2.24, 2.45) is 0 Å². The lowest BCUT2D eigenvalue weighted by Crippen LogP contribution is -2.35. The molecule has 3 aromatic rings. The smallest absolute Gasteiger partial charge is 0.328 e. The van der Waals surface area contributed by atoms with Crippen LogP contribution in [0.1, 0.15) is 18.4 Å². The van der Waals surface area contributed by atoms with E-state index in [0.717, 1.165) is 10.1 Å². The van der Waals surface area contributed by atoms with Crippen molar-refractivity contribution in [3.05, 3.63) is 68.9 Å². The molecule has 1 N–H and O–H groups in total. The maximum absolute atomic E-state index is 12.5. The summed E-state index contributed by atoms with van der Waals surface area (Å²) in [5.41, 5.74) is 0.608. The normalized spacial score (nSPS) is 10.7. The van der Waals surface area contributed by atoms with Crippen molar-refractivity contribution in [1.82, 2.24) is 9.55 Å². The summed E-state index contributed by atoms with van der Waals surface area (Å²) in [5, 5.41) is 0.448. The van der Waals surface area contributed by atoms with Crippen LogP contribution in [0, 0.1) is 0 Å². The van der Waals surface area contributed by atoms with Gasteiger partial charge in [-0.25, -0.2) is 4.79 Å².